The second-order valence-corrected chi connectivity index (χ2v) is 4.79. The maximum Gasteiger partial charge on any atom is 0.253 e. The van der Waals surface area contributed by atoms with Crippen molar-refractivity contribution < 1.29 is 4.79 Å². The van der Waals surface area contributed by atoms with E-state index in [0.29, 0.717) is 28.6 Å². The van der Waals surface area contributed by atoms with Gasteiger partial charge in [-0.25, -0.2) is 0 Å². The zero-order chi connectivity index (χ0) is 12.7. The summed E-state index contributed by atoms with van der Waals surface area (Å²) in [6.07, 6.45) is 5.11. The molecule has 0 aliphatic rings. The number of benzene rings is 1. The zero-order valence-corrected chi connectivity index (χ0v) is 10.8. The predicted octanol–water partition coefficient (Wildman–Crippen LogP) is 2.02. The maximum absolute atomic E-state index is 11.8. The standard InChI is InChI=1S/C12H13ClN2OS/c1-2-6-17-7-5-15-12(16)10-8-9(13)3-4-11(10)14/h1,3-4,8H,5-7,14H2,(H,15,16). The van der Waals surface area contributed by atoms with Gasteiger partial charge in [0, 0.05) is 23.0 Å². The molecule has 0 aliphatic carbocycles. The first-order valence-corrected chi connectivity index (χ1v) is 6.53. The van der Waals surface area contributed by atoms with E-state index in [1.54, 1.807) is 30.0 Å². The first kappa shape index (κ1) is 13.8. The van der Waals surface area contributed by atoms with Gasteiger partial charge in [0.15, 0.2) is 0 Å². The van der Waals surface area contributed by atoms with Crippen LogP contribution in [0.3, 0.4) is 0 Å². The number of nitrogens with two attached hydrogens (primary N) is 1. The zero-order valence-electron chi connectivity index (χ0n) is 9.20. The largest absolute Gasteiger partial charge is 0.398 e. The van der Waals surface area contributed by atoms with Gasteiger partial charge in [0.05, 0.1) is 11.3 Å². The summed E-state index contributed by atoms with van der Waals surface area (Å²) >= 11 is 7.39. The van der Waals surface area contributed by atoms with Crippen LogP contribution >= 0.6 is 23.4 Å². The fourth-order valence-corrected chi connectivity index (χ4v) is 1.87. The van der Waals surface area contributed by atoms with Crippen molar-refractivity contribution in [1.82, 2.24) is 5.32 Å². The van der Waals surface area contributed by atoms with Crippen molar-refractivity contribution in [3.63, 3.8) is 0 Å². The Labute approximate surface area is 110 Å². The summed E-state index contributed by atoms with van der Waals surface area (Å²) in [7, 11) is 0. The Kier molecular flexibility index (Phi) is 5.75. The van der Waals surface area contributed by atoms with E-state index in [9.17, 15) is 4.79 Å². The summed E-state index contributed by atoms with van der Waals surface area (Å²) in [6.45, 7) is 0.553. The van der Waals surface area contributed by atoms with Crippen molar-refractivity contribution >= 4 is 35.0 Å². The highest BCUT2D eigenvalue weighted by Crippen LogP contribution is 2.17. The lowest BCUT2D eigenvalue weighted by atomic mass is 10.1. The highest BCUT2D eigenvalue weighted by Gasteiger charge is 2.09. The van der Waals surface area contributed by atoms with Crippen LogP contribution in [0.1, 0.15) is 10.4 Å². The number of thioether (sulfide) groups is 1. The number of hydrogen-bond acceptors (Lipinski definition) is 3. The Morgan fingerprint density at radius 1 is 1.59 bits per heavy atom. The van der Waals surface area contributed by atoms with Gasteiger partial charge < -0.3 is 11.1 Å². The molecule has 5 heteroatoms. The Morgan fingerprint density at radius 3 is 3.06 bits per heavy atom. The molecular weight excluding hydrogens is 256 g/mol. The lowest BCUT2D eigenvalue weighted by Gasteiger charge is -2.07. The molecule has 17 heavy (non-hydrogen) atoms. The molecule has 3 N–H and O–H groups in total. The van der Waals surface area contributed by atoms with Gasteiger partial charge in [-0.05, 0) is 18.2 Å². The molecule has 1 aromatic rings. The molecule has 0 saturated carbocycles. The topological polar surface area (TPSA) is 55.1 Å². The molecule has 1 rings (SSSR count). The van der Waals surface area contributed by atoms with Gasteiger partial charge in [-0.1, -0.05) is 17.5 Å². The molecule has 0 fully saturated rings. The van der Waals surface area contributed by atoms with Crippen molar-refractivity contribution in [2.24, 2.45) is 0 Å². The Bertz CT molecular complexity index is 443. The number of halogens is 1. The van der Waals surface area contributed by atoms with E-state index < -0.39 is 0 Å². The van der Waals surface area contributed by atoms with Gasteiger partial charge in [0.2, 0.25) is 0 Å². The number of carbonyl (C=O) groups excluding carboxylic acids is 1. The minimum Gasteiger partial charge on any atom is -0.398 e. The fraction of sp³-hybridized carbons (Fsp3) is 0.250. The monoisotopic (exact) mass is 268 g/mol. The van der Waals surface area contributed by atoms with Gasteiger partial charge in [0.1, 0.15) is 0 Å². The van der Waals surface area contributed by atoms with Crippen LogP contribution in [-0.2, 0) is 0 Å². The van der Waals surface area contributed by atoms with Crippen molar-refractivity contribution in [3.05, 3.63) is 28.8 Å². The summed E-state index contributed by atoms with van der Waals surface area (Å²) in [6, 6.07) is 4.82. The summed E-state index contributed by atoms with van der Waals surface area (Å²) in [5.41, 5.74) is 6.51. The van der Waals surface area contributed by atoms with Gasteiger partial charge in [-0.3, -0.25) is 4.79 Å². The lowest BCUT2D eigenvalue weighted by molar-refractivity contribution is 0.0957. The number of nitrogen functional groups attached to an aromatic ring is 1. The smallest absolute Gasteiger partial charge is 0.253 e. The van der Waals surface area contributed by atoms with Crippen LogP contribution in [-0.4, -0.2) is 24.0 Å². The fourth-order valence-electron chi connectivity index (χ4n) is 1.19. The van der Waals surface area contributed by atoms with Crippen LogP contribution in [0.2, 0.25) is 5.02 Å². The van der Waals surface area contributed by atoms with Crippen LogP contribution in [0.15, 0.2) is 18.2 Å². The molecule has 0 aromatic heterocycles. The number of rotatable bonds is 5. The third-order valence-electron chi connectivity index (χ3n) is 1.98. The molecule has 1 aromatic carbocycles. The molecule has 0 unspecified atom stereocenters. The van der Waals surface area contributed by atoms with E-state index in [0.717, 1.165) is 5.75 Å². The molecule has 0 radical (unpaired) electrons. The van der Waals surface area contributed by atoms with Crippen molar-refractivity contribution in [2.75, 3.05) is 23.8 Å². The Hall–Kier alpha value is -1.31. The summed E-state index contributed by atoms with van der Waals surface area (Å²) in [5.74, 6) is 3.72. The van der Waals surface area contributed by atoms with E-state index in [2.05, 4.69) is 11.2 Å². The van der Waals surface area contributed by atoms with E-state index in [-0.39, 0.29) is 5.91 Å². The van der Waals surface area contributed by atoms with E-state index in [1.807, 2.05) is 0 Å². The highest BCUT2D eigenvalue weighted by molar-refractivity contribution is 7.99. The van der Waals surface area contributed by atoms with E-state index in [4.69, 9.17) is 23.8 Å². The SMILES string of the molecule is C#CCSCCNC(=O)c1cc(Cl)ccc1N. The van der Waals surface area contributed by atoms with Crippen LogP contribution in [0.4, 0.5) is 5.69 Å². The average Bonchev–Trinajstić information content (AvgIpc) is 2.32. The third kappa shape index (κ3) is 4.59. The first-order chi connectivity index (χ1) is 8.15. The molecule has 0 spiro atoms. The van der Waals surface area contributed by atoms with Gasteiger partial charge in [-0.2, -0.15) is 0 Å². The molecule has 3 nitrogen and oxygen atoms in total. The average molecular weight is 269 g/mol. The molecule has 0 bridgehead atoms. The quantitative estimate of drug-likeness (QED) is 0.488. The Balaban J connectivity index is 2.47. The Morgan fingerprint density at radius 2 is 2.35 bits per heavy atom. The highest BCUT2D eigenvalue weighted by atomic mass is 35.5. The van der Waals surface area contributed by atoms with Crippen LogP contribution in [0.25, 0.3) is 0 Å². The van der Waals surface area contributed by atoms with Gasteiger partial charge in [-0.15, -0.1) is 18.2 Å². The number of anilines is 1. The minimum atomic E-state index is -0.216. The molecule has 0 heterocycles. The number of amides is 1. The van der Waals surface area contributed by atoms with E-state index in [1.165, 1.54) is 0 Å². The van der Waals surface area contributed by atoms with Crippen molar-refractivity contribution in [1.29, 1.82) is 0 Å². The second kappa shape index (κ2) is 7.10. The molecule has 90 valence electrons. The van der Waals surface area contributed by atoms with E-state index >= 15 is 0 Å². The minimum absolute atomic E-state index is 0.216. The number of nitrogens with one attached hydrogen (secondary N) is 1. The molecule has 1 amide bonds. The third-order valence-corrected chi connectivity index (χ3v) is 3.08. The van der Waals surface area contributed by atoms with Crippen LogP contribution in [0.5, 0.6) is 0 Å². The number of carbonyl (C=O) groups is 1. The summed E-state index contributed by atoms with van der Waals surface area (Å²) in [4.78, 5) is 11.8. The van der Waals surface area contributed by atoms with Crippen LogP contribution in [0, 0.1) is 12.3 Å². The number of hydrogen-bond donors (Lipinski definition) is 2. The number of terminal acetylenes is 1. The molecule has 0 atom stereocenters. The predicted molar refractivity (Wildman–Crippen MR) is 74.4 cm³/mol. The second-order valence-electron chi connectivity index (χ2n) is 3.24. The lowest BCUT2D eigenvalue weighted by Crippen LogP contribution is -2.26. The first-order valence-electron chi connectivity index (χ1n) is 4.99. The van der Waals surface area contributed by atoms with Crippen molar-refractivity contribution in [2.45, 2.75) is 0 Å². The molecule has 0 aliphatic heterocycles. The normalized spacial score (nSPS) is 9.65. The van der Waals surface area contributed by atoms with Gasteiger partial charge >= 0.3 is 0 Å². The summed E-state index contributed by atoms with van der Waals surface area (Å²) in [5, 5.41) is 3.25. The van der Waals surface area contributed by atoms with Crippen molar-refractivity contribution in [3.8, 4) is 12.3 Å². The van der Waals surface area contributed by atoms with Gasteiger partial charge in [0.25, 0.3) is 5.91 Å². The molecular formula is C12H13ClN2OS. The maximum atomic E-state index is 11.8. The van der Waals surface area contributed by atoms with Crippen LogP contribution < -0.4 is 11.1 Å². The summed E-state index contributed by atoms with van der Waals surface area (Å²) < 4.78 is 0. The molecule has 0 saturated heterocycles.